The Labute approximate surface area is 226 Å². The number of hydrogen-bond acceptors (Lipinski definition) is 6. The molecule has 37 heavy (non-hydrogen) atoms. The number of hydrogen-bond donors (Lipinski definition) is 1. The molecule has 2 amide bonds. The Morgan fingerprint density at radius 1 is 1.19 bits per heavy atom. The molecule has 2 heterocycles. The van der Waals surface area contributed by atoms with E-state index >= 15 is 0 Å². The highest BCUT2D eigenvalue weighted by atomic mass is 32.1. The minimum absolute atomic E-state index is 0.0806. The van der Waals surface area contributed by atoms with E-state index in [4.69, 9.17) is 9.47 Å². The van der Waals surface area contributed by atoms with Crippen LogP contribution in [0, 0.1) is 11.8 Å². The minimum Gasteiger partial charge on any atom is -0.381 e. The van der Waals surface area contributed by atoms with Gasteiger partial charge in [-0.05, 0) is 37.2 Å². The molecule has 1 aromatic heterocycles. The van der Waals surface area contributed by atoms with E-state index in [0.29, 0.717) is 25.3 Å². The maximum absolute atomic E-state index is 13.5. The van der Waals surface area contributed by atoms with Crippen molar-refractivity contribution in [1.29, 1.82) is 0 Å². The number of thiazole rings is 1. The van der Waals surface area contributed by atoms with E-state index in [1.807, 2.05) is 35.4 Å². The number of nitrogens with one attached hydrogen (secondary N) is 1. The van der Waals surface area contributed by atoms with E-state index in [1.165, 1.54) is 11.3 Å². The molecule has 8 heteroatoms. The minimum atomic E-state index is -0.431. The molecule has 1 aliphatic heterocycles. The first kappa shape index (κ1) is 29.3. The molecule has 1 N–H and O–H groups in total. The molecule has 1 aromatic carbocycles. The molecule has 7 nitrogen and oxygen atoms in total. The smallest absolute Gasteiger partial charge is 0.226 e. The van der Waals surface area contributed by atoms with Gasteiger partial charge in [-0.1, -0.05) is 57.5 Å². The molecule has 3 rings (SSSR count). The van der Waals surface area contributed by atoms with E-state index in [9.17, 15) is 9.59 Å². The number of nitrogens with zero attached hydrogens (tertiary/aromatic N) is 2. The number of likely N-dealkylation sites (tertiary alicyclic amines) is 1. The molecule has 204 valence electrons. The second-order valence-electron chi connectivity index (χ2n) is 10.2. The van der Waals surface area contributed by atoms with Crippen molar-refractivity contribution in [1.82, 2.24) is 15.2 Å². The fourth-order valence-electron chi connectivity index (χ4n) is 5.24. The summed E-state index contributed by atoms with van der Waals surface area (Å²) in [7, 11) is 3.32. The first-order chi connectivity index (χ1) is 17.9. The monoisotopic (exact) mass is 529 g/mol. The van der Waals surface area contributed by atoms with Crippen molar-refractivity contribution in [3.05, 3.63) is 52.5 Å². The van der Waals surface area contributed by atoms with Gasteiger partial charge in [0.25, 0.3) is 0 Å². The molecular weight excluding hydrogens is 486 g/mol. The number of amides is 2. The van der Waals surface area contributed by atoms with Crippen LogP contribution < -0.4 is 5.32 Å². The van der Waals surface area contributed by atoms with Crippen LogP contribution in [-0.4, -0.2) is 60.7 Å². The van der Waals surface area contributed by atoms with Crippen LogP contribution in [0.2, 0.25) is 0 Å². The Hall–Kier alpha value is -2.29. The van der Waals surface area contributed by atoms with Gasteiger partial charge in [-0.25, -0.2) is 4.98 Å². The maximum atomic E-state index is 13.5. The Morgan fingerprint density at radius 3 is 2.57 bits per heavy atom. The third kappa shape index (κ3) is 8.09. The summed E-state index contributed by atoms with van der Waals surface area (Å²) < 4.78 is 11.5. The topological polar surface area (TPSA) is 80.8 Å². The van der Waals surface area contributed by atoms with Crippen molar-refractivity contribution in [2.75, 3.05) is 20.8 Å². The zero-order chi connectivity index (χ0) is 26.8. The number of ether oxygens (including phenoxy) is 2. The number of carbonyl (C=O) groups excluding carboxylic acids is 2. The summed E-state index contributed by atoms with van der Waals surface area (Å²) in [5.41, 5.74) is 1.14. The van der Waals surface area contributed by atoms with Crippen molar-refractivity contribution in [3.8, 4) is 0 Å². The van der Waals surface area contributed by atoms with Gasteiger partial charge in [0.2, 0.25) is 11.8 Å². The van der Waals surface area contributed by atoms with Gasteiger partial charge in [0, 0.05) is 32.3 Å². The first-order valence-corrected chi connectivity index (χ1v) is 14.3. The van der Waals surface area contributed by atoms with E-state index in [-0.39, 0.29) is 30.0 Å². The standard InChI is InChI=1S/C29H43N3O4S/c1-6-20(2)17-23(35-4)19-26(33)32-15-10-13-25(32)27(36-5)21(3)28(34)31-24(29-30-14-16-37-29)18-22-11-8-7-9-12-22/h7-9,11-12,14,16,20-21,23-25,27H,6,10,13,15,17-19H2,1-5H3,(H,31,34). The van der Waals surface area contributed by atoms with Crippen LogP contribution in [-0.2, 0) is 25.5 Å². The molecule has 0 saturated carbocycles. The quantitative estimate of drug-likeness (QED) is 0.371. The average molecular weight is 530 g/mol. The SMILES string of the molecule is CCC(C)CC(CC(=O)N1CCCC1C(OC)C(C)C(=O)NC(Cc1ccccc1)c1nccs1)OC. The Balaban J connectivity index is 1.68. The molecule has 1 saturated heterocycles. The summed E-state index contributed by atoms with van der Waals surface area (Å²) in [6.45, 7) is 6.93. The van der Waals surface area contributed by atoms with Gasteiger partial charge >= 0.3 is 0 Å². The number of rotatable bonds is 14. The zero-order valence-corrected chi connectivity index (χ0v) is 23.7. The van der Waals surface area contributed by atoms with Gasteiger partial charge in [-0.2, -0.15) is 0 Å². The van der Waals surface area contributed by atoms with E-state index in [1.54, 1.807) is 20.4 Å². The summed E-state index contributed by atoms with van der Waals surface area (Å²) in [5, 5.41) is 6.03. The van der Waals surface area contributed by atoms with Crippen LogP contribution in [0.4, 0.5) is 0 Å². The van der Waals surface area contributed by atoms with Gasteiger partial charge in [0.05, 0.1) is 36.6 Å². The first-order valence-electron chi connectivity index (χ1n) is 13.5. The fraction of sp³-hybridized carbons (Fsp3) is 0.621. The van der Waals surface area contributed by atoms with Crippen LogP contribution in [0.15, 0.2) is 41.9 Å². The lowest BCUT2D eigenvalue weighted by molar-refractivity contribution is -0.142. The number of carbonyl (C=O) groups is 2. The van der Waals surface area contributed by atoms with E-state index in [0.717, 1.165) is 36.3 Å². The summed E-state index contributed by atoms with van der Waals surface area (Å²) in [6, 6.07) is 9.76. The lowest BCUT2D eigenvalue weighted by atomic mass is 9.93. The van der Waals surface area contributed by atoms with Crippen LogP contribution >= 0.6 is 11.3 Å². The van der Waals surface area contributed by atoms with Gasteiger partial charge in [-0.3, -0.25) is 9.59 Å². The second kappa shape index (κ2) is 14.6. The highest BCUT2D eigenvalue weighted by molar-refractivity contribution is 7.09. The van der Waals surface area contributed by atoms with Crippen LogP contribution in [0.25, 0.3) is 0 Å². The van der Waals surface area contributed by atoms with Gasteiger partial charge in [0.1, 0.15) is 5.01 Å². The highest BCUT2D eigenvalue weighted by Crippen LogP contribution is 2.29. The highest BCUT2D eigenvalue weighted by Gasteiger charge is 2.40. The summed E-state index contributed by atoms with van der Waals surface area (Å²) in [4.78, 5) is 33.2. The molecule has 1 fully saturated rings. The van der Waals surface area contributed by atoms with Crippen molar-refractivity contribution < 1.29 is 19.1 Å². The number of methoxy groups -OCH3 is 2. The molecule has 0 bridgehead atoms. The lowest BCUT2D eigenvalue weighted by Gasteiger charge is -2.35. The predicted octanol–water partition coefficient (Wildman–Crippen LogP) is 5.03. The molecular formula is C29H43N3O4S. The van der Waals surface area contributed by atoms with Crippen molar-refractivity contribution in [2.24, 2.45) is 11.8 Å². The summed E-state index contributed by atoms with van der Waals surface area (Å²) in [6.07, 6.45) is 5.95. The Kier molecular flexibility index (Phi) is 11.5. The molecule has 1 aliphatic rings. The van der Waals surface area contributed by atoms with Gasteiger partial charge < -0.3 is 19.7 Å². The van der Waals surface area contributed by atoms with Crippen LogP contribution in [0.5, 0.6) is 0 Å². The lowest BCUT2D eigenvalue weighted by Crippen LogP contribution is -2.50. The summed E-state index contributed by atoms with van der Waals surface area (Å²) >= 11 is 1.54. The normalized spacial score (nSPS) is 19.7. The molecule has 0 spiro atoms. The molecule has 2 aromatic rings. The van der Waals surface area contributed by atoms with Crippen molar-refractivity contribution in [3.63, 3.8) is 0 Å². The van der Waals surface area contributed by atoms with Gasteiger partial charge in [-0.15, -0.1) is 11.3 Å². The Morgan fingerprint density at radius 2 is 1.95 bits per heavy atom. The average Bonchev–Trinajstić information content (AvgIpc) is 3.62. The zero-order valence-electron chi connectivity index (χ0n) is 22.9. The van der Waals surface area contributed by atoms with Crippen molar-refractivity contribution >= 4 is 23.2 Å². The molecule has 6 unspecified atom stereocenters. The predicted molar refractivity (Wildman–Crippen MR) is 147 cm³/mol. The third-order valence-electron chi connectivity index (χ3n) is 7.62. The Bertz CT molecular complexity index is 955. The second-order valence-corrected chi connectivity index (χ2v) is 11.1. The van der Waals surface area contributed by atoms with Crippen molar-refractivity contribution in [2.45, 2.75) is 83.6 Å². The summed E-state index contributed by atoms with van der Waals surface area (Å²) in [5.74, 6) is 0.0649. The molecule has 6 atom stereocenters. The van der Waals surface area contributed by atoms with Crippen LogP contribution in [0.1, 0.15) is 69.5 Å². The largest absolute Gasteiger partial charge is 0.381 e. The third-order valence-corrected chi connectivity index (χ3v) is 8.51. The van der Waals surface area contributed by atoms with Gasteiger partial charge in [0.15, 0.2) is 0 Å². The molecule has 0 radical (unpaired) electrons. The fourth-order valence-corrected chi connectivity index (χ4v) is 5.93. The van der Waals surface area contributed by atoms with E-state index < -0.39 is 12.0 Å². The van der Waals surface area contributed by atoms with Crippen LogP contribution in [0.3, 0.4) is 0 Å². The number of benzene rings is 1. The maximum Gasteiger partial charge on any atom is 0.226 e. The molecule has 0 aliphatic carbocycles. The van der Waals surface area contributed by atoms with E-state index in [2.05, 4.69) is 36.3 Å². The number of aromatic nitrogens is 1.